The number of aromatic nitrogens is 3. The van der Waals surface area contributed by atoms with Gasteiger partial charge in [-0.15, -0.1) is 11.3 Å². The number of carbonyl (C=O) groups excluding carboxylic acids is 1. The lowest BCUT2D eigenvalue weighted by Crippen LogP contribution is -2.13. The summed E-state index contributed by atoms with van der Waals surface area (Å²) in [6, 6.07) is 13.5. The van der Waals surface area contributed by atoms with Crippen molar-refractivity contribution in [1.82, 2.24) is 14.5 Å². The fourth-order valence-corrected chi connectivity index (χ4v) is 4.13. The van der Waals surface area contributed by atoms with E-state index < -0.39 is 5.91 Å². The van der Waals surface area contributed by atoms with Crippen LogP contribution in [0.25, 0.3) is 22.0 Å². The third kappa shape index (κ3) is 3.64. The zero-order valence-corrected chi connectivity index (χ0v) is 16.9. The van der Waals surface area contributed by atoms with Gasteiger partial charge in [0, 0.05) is 34.6 Å². The Morgan fingerprint density at radius 3 is 2.79 bits per heavy atom. The molecule has 1 amide bonds. The first kappa shape index (κ1) is 18.9. The first-order valence-electron chi connectivity index (χ1n) is 9.06. The Labute approximate surface area is 172 Å². The zero-order valence-electron chi connectivity index (χ0n) is 16.1. The highest BCUT2D eigenvalue weighted by Gasteiger charge is 2.20. The van der Waals surface area contributed by atoms with Crippen LogP contribution >= 0.6 is 11.3 Å². The highest BCUT2D eigenvalue weighted by molar-refractivity contribution is 7.13. The Balaban J connectivity index is 1.80. The number of nitrogens with zero attached hydrogens (tertiary/aromatic N) is 3. The number of thiazole rings is 1. The lowest BCUT2D eigenvalue weighted by atomic mass is 10.2. The summed E-state index contributed by atoms with van der Waals surface area (Å²) in [6.07, 6.45) is 3.52. The summed E-state index contributed by atoms with van der Waals surface area (Å²) in [5.41, 5.74) is 10.5. The van der Waals surface area contributed by atoms with Crippen LogP contribution < -0.4 is 10.5 Å². The molecular weight excluding hydrogens is 384 g/mol. The Bertz CT molecular complexity index is 1160. The topological polar surface area (TPSA) is 83.0 Å². The van der Waals surface area contributed by atoms with Crippen LogP contribution in [-0.2, 0) is 6.54 Å². The van der Waals surface area contributed by atoms with E-state index in [1.807, 2.05) is 54.8 Å². The molecule has 0 radical (unpaired) electrons. The van der Waals surface area contributed by atoms with Crippen LogP contribution in [0, 0.1) is 6.92 Å². The summed E-state index contributed by atoms with van der Waals surface area (Å²) in [4.78, 5) is 20.9. The van der Waals surface area contributed by atoms with E-state index in [4.69, 9.17) is 15.5 Å². The minimum Gasteiger partial charge on any atom is -0.496 e. The lowest BCUT2D eigenvalue weighted by Gasteiger charge is -2.13. The number of benzene rings is 1. The van der Waals surface area contributed by atoms with Crippen molar-refractivity contribution in [2.24, 2.45) is 5.73 Å². The maximum Gasteiger partial charge on any atom is 0.250 e. The Hall–Kier alpha value is -3.45. The molecular formula is C22H20N4O2S. The van der Waals surface area contributed by atoms with Gasteiger partial charge in [0.2, 0.25) is 0 Å². The fourth-order valence-electron chi connectivity index (χ4n) is 3.33. The number of hydrogen-bond donors (Lipinski definition) is 1. The van der Waals surface area contributed by atoms with Gasteiger partial charge in [-0.1, -0.05) is 18.2 Å². The minimum absolute atomic E-state index is 0.453. The van der Waals surface area contributed by atoms with Crippen LogP contribution in [0.4, 0.5) is 0 Å². The van der Waals surface area contributed by atoms with Gasteiger partial charge in [0.15, 0.2) is 0 Å². The number of primary amides is 1. The quantitative estimate of drug-likeness (QED) is 0.524. The molecule has 0 aliphatic heterocycles. The third-order valence-corrected chi connectivity index (χ3v) is 5.72. The van der Waals surface area contributed by atoms with Gasteiger partial charge >= 0.3 is 0 Å². The van der Waals surface area contributed by atoms with Gasteiger partial charge < -0.3 is 15.0 Å². The molecule has 1 aromatic carbocycles. The van der Waals surface area contributed by atoms with E-state index in [1.165, 1.54) is 11.3 Å². The fraction of sp³-hybridized carbons (Fsp3) is 0.136. The van der Waals surface area contributed by atoms with Crippen molar-refractivity contribution >= 4 is 17.2 Å². The van der Waals surface area contributed by atoms with E-state index in [-0.39, 0.29) is 0 Å². The molecule has 0 saturated heterocycles. The Morgan fingerprint density at radius 1 is 1.24 bits per heavy atom. The molecule has 0 atom stereocenters. The molecule has 29 heavy (non-hydrogen) atoms. The second kappa shape index (κ2) is 7.89. The van der Waals surface area contributed by atoms with E-state index in [0.29, 0.717) is 12.1 Å². The maximum absolute atomic E-state index is 12.0. The van der Waals surface area contributed by atoms with E-state index in [2.05, 4.69) is 9.55 Å². The molecule has 0 fully saturated rings. The monoisotopic (exact) mass is 404 g/mol. The molecule has 4 rings (SSSR count). The molecule has 0 unspecified atom stereocenters. The number of methoxy groups -OCH3 is 1. The first-order chi connectivity index (χ1) is 14.1. The van der Waals surface area contributed by atoms with Gasteiger partial charge in [-0.2, -0.15) is 0 Å². The second-order valence-corrected chi connectivity index (χ2v) is 7.43. The molecule has 0 aliphatic carbocycles. The van der Waals surface area contributed by atoms with Crippen molar-refractivity contribution < 1.29 is 9.53 Å². The smallest absolute Gasteiger partial charge is 0.250 e. The summed E-state index contributed by atoms with van der Waals surface area (Å²) in [5, 5.41) is 2.86. The maximum atomic E-state index is 12.0. The van der Waals surface area contributed by atoms with Crippen molar-refractivity contribution in [2.45, 2.75) is 13.5 Å². The molecule has 3 heterocycles. The van der Waals surface area contributed by atoms with E-state index in [9.17, 15) is 4.79 Å². The second-order valence-electron chi connectivity index (χ2n) is 6.57. The standard InChI is InChI=1S/C22H20N4O2S/c1-14-17(21(23)27)10-19(26(14)12-16-6-3-4-8-20(16)28-2)18-13-29-22(25-18)15-7-5-9-24-11-15/h3-11,13H,12H2,1-2H3,(H2,23,27). The van der Waals surface area contributed by atoms with Crippen LogP contribution in [0.15, 0.2) is 60.2 Å². The van der Waals surface area contributed by atoms with E-state index >= 15 is 0 Å². The normalized spacial score (nSPS) is 10.8. The van der Waals surface area contributed by atoms with Gasteiger partial charge in [0.25, 0.3) is 5.91 Å². The Morgan fingerprint density at radius 2 is 2.07 bits per heavy atom. The predicted octanol–water partition coefficient (Wildman–Crippen LogP) is 4.14. The predicted molar refractivity (Wildman–Crippen MR) is 114 cm³/mol. The van der Waals surface area contributed by atoms with Crippen LogP contribution in [0.2, 0.25) is 0 Å². The average Bonchev–Trinajstić information content (AvgIpc) is 3.35. The van der Waals surface area contributed by atoms with Crippen molar-refractivity contribution in [2.75, 3.05) is 7.11 Å². The number of hydrogen-bond acceptors (Lipinski definition) is 5. The van der Waals surface area contributed by atoms with Crippen LogP contribution in [0.5, 0.6) is 5.75 Å². The molecule has 2 N–H and O–H groups in total. The number of para-hydroxylation sites is 1. The van der Waals surface area contributed by atoms with Gasteiger partial charge in [0.1, 0.15) is 10.8 Å². The molecule has 6 nitrogen and oxygen atoms in total. The molecule has 0 saturated carbocycles. The van der Waals surface area contributed by atoms with Gasteiger partial charge in [-0.25, -0.2) is 4.98 Å². The highest BCUT2D eigenvalue weighted by Crippen LogP contribution is 2.32. The van der Waals surface area contributed by atoms with Crippen LogP contribution in [0.1, 0.15) is 21.6 Å². The Kier molecular flexibility index (Phi) is 5.14. The van der Waals surface area contributed by atoms with Gasteiger partial charge in [0.05, 0.1) is 30.6 Å². The first-order valence-corrected chi connectivity index (χ1v) is 9.94. The van der Waals surface area contributed by atoms with Crippen molar-refractivity contribution in [1.29, 1.82) is 0 Å². The summed E-state index contributed by atoms with van der Waals surface area (Å²) < 4.78 is 7.55. The van der Waals surface area contributed by atoms with Crippen molar-refractivity contribution in [3.05, 3.63) is 77.1 Å². The van der Waals surface area contributed by atoms with Gasteiger partial charge in [-0.05, 0) is 31.2 Å². The number of amides is 1. The number of rotatable bonds is 6. The summed E-state index contributed by atoms with van der Waals surface area (Å²) in [7, 11) is 1.65. The van der Waals surface area contributed by atoms with Crippen LogP contribution in [0.3, 0.4) is 0 Å². The molecule has 4 aromatic rings. The van der Waals surface area contributed by atoms with Crippen LogP contribution in [-0.4, -0.2) is 27.6 Å². The number of pyridine rings is 1. The van der Waals surface area contributed by atoms with Crippen molar-refractivity contribution in [3.8, 4) is 27.7 Å². The molecule has 7 heteroatoms. The minimum atomic E-state index is -0.453. The molecule has 0 spiro atoms. The zero-order chi connectivity index (χ0) is 20.4. The lowest BCUT2D eigenvalue weighted by molar-refractivity contribution is 0.0999. The number of ether oxygens (including phenoxy) is 1. The summed E-state index contributed by atoms with van der Waals surface area (Å²) >= 11 is 1.54. The van der Waals surface area contributed by atoms with Gasteiger partial charge in [-0.3, -0.25) is 9.78 Å². The van der Waals surface area contributed by atoms with E-state index in [1.54, 1.807) is 19.5 Å². The molecule has 146 valence electrons. The number of nitrogens with two attached hydrogens (primary N) is 1. The number of carbonyl (C=O) groups is 1. The van der Waals surface area contributed by atoms with E-state index in [0.717, 1.165) is 39.0 Å². The molecule has 0 aliphatic rings. The average molecular weight is 404 g/mol. The molecule has 0 bridgehead atoms. The summed E-state index contributed by atoms with van der Waals surface area (Å²) in [6.45, 7) is 2.44. The highest BCUT2D eigenvalue weighted by atomic mass is 32.1. The SMILES string of the molecule is COc1ccccc1Cn1c(-c2csc(-c3cccnc3)n2)cc(C(N)=O)c1C. The van der Waals surface area contributed by atoms with Crippen molar-refractivity contribution in [3.63, 3.8) is 0 Å². The largest absolute Gasteiger partial charge is 0.496 e. The molecule has 3 aromatic heterocycles. The third-order valence-electron chi connectivity index (χ3n) is 4.83. The summed E-state index contributed by atoms with van der Waals surface area (Å²) in [5.74, 6) is 0.340.